The van der Waals surface area contributed by atoms with E-state index in [1.54, 1.807) is 12.1 Å². The van der Waals surface area contributed by atoms with Gasteiger partial charge in [-0.15, -0.1) is 0 Å². The van der Waals surface area contributed by atoms with Gasteiger partial charge in [0.1, 0.15) is 6.54 Å². The van der Waals surface area contributed by atoms with Crippen LogP contribution in [0.4, 0.5) is 0 Å². The molecule has 0 fully saturated rings. The fourth-order valence-electron chi connectivity index (χ4n) is 1.56. The smallest absolute Gasteiger partial charge is 0.330 e. The van der Waals surface area contributed by atoms with Gasteiger partial charge in [0, 0.05) is 13.1 Å². The van der Waals surface area contributed by atoms with Crippen molar-refractivity contribution in [3.8, 4) is 11.5 Å². The highest BCUT2D eigenvalue weighted by Gasteiger charge is 2.18. The summed E-state index contributed by atoms with van der Waals surface area (Å²) in [5.41, 5.74) is 0.630. The lowest BCUT2D eigenvalue weighted by molar-refractivity contribution is -0.135. The van der Waals surface area contributed by atoms with Crippen LogP contribution in [-0.2, 0) is 24.3 Å². The van der Waals surface area contributed by atoms with Gasteiger partial charge in [0.25, 0.3) is 0 Å². The second-order valence-corrected chi connectivity index (χ2v) is 6.85. The Morgan fingerprint density at radius 3 is 2.42 bits per heavy atom. The number of carbonyl (C=O) groups excluding carboxylic acids is 2. The Hall–Kier alpha value is -2.39. The largest absolute Gasteiger partial charge is 0.493 e. The Labute approximate surface area is 140 Å². The molecule has 0 radical (unpaired) electrons. The predicted molar refractivity (Wildman–Crippen MR) is 87.2 cm³/mol. The van der Waals surface area contributed by atoms with Crippen molar-refractivity contribution in [3.63, 3.8) is 0 Å². The first-order valence-corrected chi connectivity index (χ1v) is 8.58. The van der Waals surface area contributed by atoms with Crippen LogP contribution in [0.2, 0.25) is 0 Å². The number of esters is 2. The van der Waals surface area contributed by atoms with Gasteiger partial charge in [-0.05, 0) is 23.8 Å². The second kappa shape index (κ2) is 8.46. The third kappa shape index (κ3) is 6.01. The van der Waals surface area contributed by atoms with E-state index in [0.717, 1.165) is 10.6 Å². The Kier molecular flexibility index (Phi) is 6.93. The van der Waals surface area contributed by atoms with E-state index in [9.17, 15) is 18.0 Å². The summed E-state index contributed by atoms with van der Waals surface area (Å²) in [4.78, 5) is 22.9. The lowest BCUT2D eigenvalue weighted by Gasteiger charge is -2.14. The minimum absolute atomic E-state index is 0.139. The molecule has 0 saturated carbocycles. The van der Waals surface area contributed by atoms with Gasteiger partial charge in [-0.1, -0.05) is 6.07 Å². The van der Waals surface area contributed by atoms with E-state index < -0.39 is 28.5 Å². The zero-order chi connectivity index (χ0) is 18.3. The minimum atomic E-state index is -3.48. The van der Waals surface area contributed by atoms with Gasteiger partial charge in [-0.3, -0.25) is 4.79 Å². The van der Waals surface area contributed by atoms with E-state index in [1.807, 2.05) is 0 Å². The summed E-state index contributed by atoms with van der Waals surface area (Å²) in [5.74, 6) is -0.857. The lowest BCUT2D eigenvalue weighted by atomic mass is 10.2. The van der Waals surface area contributed by atoms with E-state index in [-0.39, 0.29) is 11.5 Å². The van der Waals surface area contributed by atoms with Crippen molar-refractivity contribution < 1.29 is 32.2 Å². The van der Waals surface area contributed by atoms with Crippen LogP contribution < -0.4 is 9.47 Å². The zero-order valence-electron chi connectivity index (χ0n) is 13.8. The molecule has 0 aromatic heterocycles. The summed E-state index contributed by atoms with van der Waals surface area (Å²) in [6.07, 6.45) is 3.74. The third-order valence-corrected chi connectivity index (χ3v) is 4.20. The second-order valence-electron chi connectivity index (χ2n) is 4.76. The van der Waals surface area contributed by atoms with Gasteiger partial charge in [0.15, 0.2) is 11.5 Å². The molecule has 0 amide bonds. The Balaban J connectivity index is 2.87. The number of nitrogens with zero attached hydrogens (tertiary/aromatic N) is 1. The van der Waals surface area contributed by atoms with Crippen LogP contribution >= 0.6 is 0 Å². The molecule has 1 aromatic carbocycles. The van der Waals surface area contributed by atoms with E-state index in [4.69, 9.17) is 9.47 Å². The molecule has 0 aliphatic heterocycles. The molecule has 0 N–H and O–H groups in total. The number of benzene rings is 1. The first-order chi connectivity index (χ1) is 11.2. The lowest BCUT2D eigenvalue weighted by Crippen LogP contribution is -2.33. The monoisotopic (exact) mass is 357 g/mol. The quantitative estimate of drug-likeness (QED) is 0.402. The molecule has 0 aliphatic rings. The molecular formula is C15H19NO7S. The Morgan fingerprint density at radius 1 is 1.21 bits per heavy atom. The summed E-state index contributed by atoms with van der Waals surface area (Å²) in [6, 6.07) is 4.64. The summed E-state index contributed by atoms with van der Waals surface area (Å²) >= 11 is 0. The van der Waals surface area contributed by atoms with Gasteiger partial charge < -0.3 is 14.2 Å². The average Bonchev–Trinajstić information content (AvgIpc) is 2.52. The molecule has 132 valence electrons. The number of hydrogen-bond donors (Lipinski definition) is 0. The highest BCUT2D eigenvalue weighted by molar-refractivity contribution is 7.88. The molecule has 0 spiro atoms. The zero-order valence-corrected chi connectivity index (χ0v) is 14.6. The van der Waals surface area contributed by atoms with E-state index in [1.165, 1.54) is 39.5 Å². The SMILES string of the molecule is COC(=O)/C=C/c1ccc(OC(=O)CN(C)S(C)(=O)=O)c(OC)c1. The van der Waals surface area contributed by atoms with Gasteiger partial charge in [0.05, 0.1) is 20.5 Å². The predicted octanol–water partition coefficient (Wildman–Crippen LogP) is 0.678. The molecule has 24 heavy (non-hydrogen) atoms. The maximum atomic E-state index is 11.8. The molecular weight excluding hydrogens is 338 g/mol. The molecule has 0 unspecified atom stereocenters. The first kappa shape index (κ1) is 19.7. The van der Waals surface area contributed by atoms with Crippen molar-refractivity contribution in [2.24, 2.45) is 0 Å². The molecule has 9 heteroatoms. The van der Waals surface area contributed by atoms with Crippen molar-refractivity contribution in [1.82, 2.24) is 4.31 Å². The number of ether oxygens (including phenoxy) is 3. The molecule has 0 bridgehead atoms. The van der Waals surface area contributed by atoms with Gasteiger partial charge in [-0.2, -0.15) is 4.31 Å². The van der Waals surface area contributed by atoms with Crippen molar-refractivity contribution in [3.05, 3.63) is 29.8 Å². The fourth-order valence-corrected chi connectivity index (χ4v) is 1.90. The summed E-state index contributed by atoms with van der Waals surface area (Å²) in [7, 11) is 0.449. The first-order valence-electron chi connectivity index (χ1n) is 6.73. The molecule has 0 aliphatic carbocycles. The summed E-state index contributed by atoms with van der Waals surface area (Å²) in [6.45, 7) is -0.425. The number of sulfonamides is 1. The van der Waals surface area contributed by atoms with Crippen LogP contribution in [-0.4, -0.2) is 58.7 Å². The van der Waals surface area contributed by atoms with Gasteiger partial charge >= 0.3 is 11.9 Å². The van der Waals surface area contributed by atoms with Crippen LogP contribution in [0, 0.1) is 0 Å². The van der Waals surface area contributed by atoms with E-state index in [0.29, 0.717) is 5.56 Å². The maximum Gasteiger partial charge on any atom is 0.330 e. The number of hydrogen-bond acceptors (Lipinski definition) is 7. The normalized spacial score (nSPS) is 11.5. The third-order valence-electron chi connectivity index (χ3n) is 2.94. The fraction of sp³-hybridized carbons (Fsp3) is 0.333. The molecule has 8 nitrogen and oxygen atoms in total. The Bertz CT molecular complexity index is 740. The number of likely N-dealkylation sites (N-methyl/N-ethyl adjacent to an activating group) is 1. The van der Waals surface area contributed by atoms with Crippen LogP contribution in [0.25, 0.3) is 6.08 Å². The van der Waals surface area contributed by atoms with E-state index >= 15 is 0 Å². The molecule has 0 saturated heterocycles. The standard InChI is InChI=1S/C15H19NO7S/c1-16(24(4,19)20)10-15(18)23-12-7-5-11(9-13(12)21-2)6-8-14(17)22-3/h5-9H,10H2,1-4H3/b8-6+. The molecule has 0 heterocycles. The van der Waals surface area contributed by atoms with E-state index in [2.05, 4.69) is 4.74 Å². The molecule has 1 rings (SSSR count). The van der Waals surface area contributed by atoms with Crippen LogP contribution in [0.1, 0.15) is 5.56 Å². The molecule has 0 atom stereocenters. The summed E-state index contributed by atoms with van der Waals surface area (Å²) < 4.78 is 38.2. The number of methoxy groups -OCH3 is 2. The van der Waals surface area contributed by atoms with Crippen molar-refractivity contribution in [1.29, 1.82) is 0 Å². The summed E-state index contributed by atoms with van der Waals surface area (Å²) in [5, 5.41) is 0. The highest BCUT2D eigenvalue weighted by Crippen LogP contribution is 2.28. The van der Waals surface area contributed by atoms with Gasteiger partial charge in [0.2, 0.25) is 10.0 Å². The van der Waals surface area contributed by atoms with Gasteiger partial charge in [-0.25, -0.2) is 13.2 Å². The molecule has 1 aromatic rings. The maximum absolute atomic E-state index is 11.8. The van der Waals surface area contributed by atoms with Crippen LogP contribution in [0.5, 0.6) is 11.5 Å². The van der Waals surface area contributed by atoms with Crippen molar-refractivity contribution >= 4 is 28.0 Å². The Morgan fingerprint density at radius 2 is 1.88 bits per heavy atom. The van der Waals surface area contributed by atoms with Crippen LogP contribution in [0.3, 0.4) is 0 Å². The average molecular weight is 357 g/mol. The van der Waals surface area contributed by atoms with Crippen molar-refractivity contribution in [2.75, 3.05) is 34.1 Å². The minimum Gasteiger partial charge on any atom is -0.493 e. The highest BCUT2D eigenvalue weighted by atomic mass is 32.2. The van der Waals surface area contributed by atoms with Crippen molar-refractivity contribution in [2.45, 2.75) is 0 Å². The number of rotatable bonds is 7. The van der Waals surface area contributed by atoms with Crippen LogP contribution in [0.15, 0.2) is 24.3 Å². The number of carbonyl (C=O) groups is 2. The topological polar surface area (TPSA) is 99.2 Å².